The summed E-state index contributed by atoms with van der Waals surface area (Å²) in [4.78, 5) is 11.0. The highest BCUT2D eigenvalue weighted by Crippen LogP contribution is 2.16. The SMILES string of the molecule is Nc1ccc(CCCc2ccccc2)cc1C(=O)O. The molecule has 2 aromatic rings. The van der Waals surface area contributed by atoms with E-state index in [2.05, 4.69) is 12.1 Å². The summed E-state index contributed by atoms with van der Waals surface area (Å²) in [6.07, 6.45) is 2.84. The molecule has 0 spiro atoms. The number of carboxylic acids is 1. The molecule has 3 N–H and O–H groups in total. The number of hydrogen-bond acceptors (Lipinski definition) is 2. The fourth-order valence-corrected chi connectivity index (χ4v) is 2.09. The number of hydrogen-bond donors (Lipinski definition) is 2. The van der Waals surface area contributed by atoms with Crippen molar-refractivity contribution in [1.82, 2.24) is 0 Å². The second-order valence-electron chi connectivity index (χ2n) is 4.57. The maximum absolute atomic E-state index is 11.0. The maximum atomic E-state index is 11.0. The summed E-state index contributed by atoms with van der Waals surface area (Å²) in [6.45, 7) is 0. The van der Waals surface area contributed by atoms with E-state index >= 15 is 0 Å². The van der Waals surface area contributed by atoms with Gasteiger partial charge >= 0.3 is 5.97 Å². The van der Waals surface area contributed by atoms with E-state index < -0.39 is 5.97 Å². The Hall–Kier alpha value is -2.29. The molecule has 0 atom stereocenters. The molecule has 0 heterocycles. The van der Waals surface area contributed by atoms with E-state index in [0.717, 1.165) is 24.8 Å². The zero-order valence-electron chi connectivity index (χ0n) is 10.7. The zero-order valence-corrected chi connectivity index (χ0v) is 10.7. The molecule has 19 heavy (non-hydrogen) atoms. The van der Waals surface area contributed by atoms with Crippen LogP contribution in [0.3, 0.4) is 0 Å². The van der Waals surface area contributed by atoms with Gasteiger partial charge in [-0.3, -0.25) is 0 Å². The maximum Gasteiger partial charge on any atom is 0.337 e. The lowest BCUT2D eigenvalue weighted by atomic mass is 10.0. The number of anilines is 1. The largest absolute Gasteiger partial charge is 0.478 e. The Labute approximate surface area is 112 Å². The number of aryl methyl sites for hydroxylation is 2. The van der Waals surface area contributed by atoms with Crippen molar-refractivity contribution in [2.24, 2.45) is 0 Å². The van der Waals surface area contributed by atoms with Gasteiger partial charge in [0.25, 0.3) is 0 Å². The number of carboxylic acid groups (broad SMARTS) is 1. The highest BCUT2D eigenvalue weighted by atomic mass is 16.4. The van der Waals surface area contributed by atoms with Crippen molar-refractivity contribution in [3.8, 4) is 0 Å². The second kappa shape index (κ2) is 6.05. The van der Waals surface area contributed by atoms with Crippen molar-refractivity contribution in [2.75, 3.05) is 5.73 Å². The van der Waals surface area contributed by atoms with Crippen molar-refractivity contribution in [1.29, 1.82) is 0 Å². The van der Waals surface area contributed by atoms with E-state index in [1.54, 1.807) is 12.1 Å². The fraction of sp³-hybridized carbons (Fsp3) is 0.188. The van der Waals surface area contributed by atoms with Gasteiger partial charge in [-0.15, -0.1) is 0 Å². The smallest absolute Gasteiger partial charge is 0.337 e. The Balaban J connectivity index is 1.97. The predicted octanol–water partition coefficient (Wildman–Crippen LogP) is 3.14. The molecule has 3 nitrogen and oxygen atoms in total. The van der Waals surface area contributed by atoms with Gasteiger partial charge in [0.15, 0.2) is 0 Å². The molecule has 2 aromatic carbocycles. The Morgan fingerprint density at radius 1 is 1.00 bits per heavy atom. The van der Waals surface area contributed by atoms with E-state index in [1.165, 1.54) is 5.56 Å². The Morgan fingerprint density at radius 3 is 2.37 bits per heavy atom. The lowest BCUT2D eigenvalue weighted by molar-refractivity contribution is 0.0698. The van der Waals surface area contributed by atoms with Crippen LogP contribution in [-0.4, -0.2) is 11.1 Å². The quantitative estimate of drug-likeness (QED) is 0.807. The summed E-state index contributed by atoms with van der Waals surface area (Å²) in [6, 6.07) is 15.5. The summed E-state index contributed by atoms with van der Waals surface area (Å²) in [5.74, 6) is -0.970. The molecule has 0 unspecified atom stereocenters. The molecule has 0 aliphatic carbocycles. The standard InChI is InChI=1S/C16H17NO2/c17-15-10-9-13(11-14(15)16(18)19)8-4-7-12-5-2-1-3-6-12/h1-3,5-6,9-11H,4,7-8,17H2,(H,18,19). The number of nitrogen functional groups attached to an aromatic ring is 1. The molecule has 0 fully saturated rings. The van der Waals surface area contributed by atoms with Crippen LogP contribution in [0.5, 0.6) is 0 Å². The van der Waals surface area contributed by atoms with Gasteiger partial charge in [-0.25, -0.2) is 4.79 Å². The van der Waals surface area contributed by atoms with Crippen molar-refractivity contribution in [3.05, 3.63) is 65.2 Å². The topological polar surface area (TPSA) is 63.3 Å². The lowest BCUT2D eigenvalue weighted by Crippen LogP contribution is -2.03. The van der Waals surface area contributed by atoms with Crippen molar-refractivity contribution < 1.29 is 9.90 Å². The number of carbonyl (C=O) groups is 1. The van der Waals surface area contributed by atoms with Crippen molar-refractivity contribution in [2.45, 2.75) is 19.3 Å². The number of nitrogens with two attached hydrogens (primary N) is 1. The molecule has 0 saturated carbocycles. The van der Waals surface area contributed by atoms with Gasteiger partial charge in [-0.1, -0.05) is 36.4 Å². The molecule has 0 saturated heterocycles. The molecule has 0 aliphatic heterocycles. The average Bonchev–Trinajstić information content (AvgIpc) is 2.41. The van der Waals surface area contributed by atoms with Crippen LogP contribution in [0.4, 0.5) is 5.69 Å². The van der Waals surface area contributed by atoms with Gasteiger partial charge in [0.2, 0.25) is 0 Å². The molecule has 0 aromatic heterocycles. The minimum absolute atomic E-state index is 0.192. The molecule has 2 rings (SSSR count). The summed E-state index contributed by atoms with van der Waals surface area (Å²) >= 11 is 0. The minimum Gasteiger partial charge on any atom is -0.478 e. The first kappa shape index (κ1) is 13.1. The first-order valence-corrected chi connectivity index (χ1v) is 6.32. The third-order valence-corrected chi connectivity index (χ3v) is 3.12. The third kappa shape index (κ3) is 3.58. The highest BCUT2D eigenvalue weighted by molar-refractivity contribution is 5.93. The number of rotatable bonds is 5. The van der Waals surface area contributed by atoms with E-state index in [0.29, 0.717) is 5.69 Å². The van der Waals surface area contributed by atoms with Gasteiger partial charge in [0, 0.05) is 5.69 Å². The molecule has 0 radical (unpaired) electrons. The normalized spacial score (nSPS) is 10.3. The van der Waals surface area contributed by atoms with Crippen LogP contribution >= 0.6 is 0 Å². The molecule has 98 valence electrons. The summed E-state index contributed by atoms with van der Waals surface area (Å²) in [5.41, 5.74) is 8.46. The molecule has 0 amide bonds. The summed E-state index contributed by atoms with van der Waals surface area (Å²) < 4.78 is 0. The predicted molar refractivity (Wildman–Crippen MR) is 76.3 cm³/mol. The van der Waals surface area contributed by atoms with Crippen LogP contribution in [0, 0.1) is 0 Å². The first-order chi connectivity index (χ1) is 9.16. The van der Waals surface area contributed by atoms with Gasteiger partial charge in [-0.2, -0.15) is 0 Å². The molecular formula is C16H17NO2. The van der Waals surface area contributed by atoms with Crippen molar-refractivity contribution in [3.63, 3.8) is 0 Å². The minimum atomic E-state index is -0.970. The number of aromatic carboxylic acids is 1. The fourth-order valence-electron chi connectivity index (χ4n) is 2.09. The van der Waals surface area contributed by atoms with E-state index in [-0.39, 0.29) is 5.56 Å². The van der Waals surface area contributed by atoms with Crippen LogP contribution < -0.4 is 5.73 Å². The van der Waals surface area contributed by atoms with Gasteiger partial charge in [-0.05, 0) is 42.5 Å². The summed E-state index contributed by atoms with van der Waals surface area (Å²) in [5, 5.41) is 9.01. The Bertz CT molecular complexity index is 564. The molecule has 0 bridgehead atoms. The monoisotopic (exact) mass is 255 g/mol. The van der Waals surface area contributed by atoms with Crippen LogP contribution in [0.1, 0.15) is 27.9 Å². The van der Waals surface area contributed by atoms with Gasteiger partial charge < -0.3 is 10.8 Å². The van der Waals surface area contributed by atoms with Gasteiger partial charge in [0.1, 0.15) is 0 Å². The first-order valence-electron chi connectivity index (χ1n) is 6.32. The van der Waals surface area contributed by atoms with Crippen LogP contribution in [-0.2, 0) is 12.8 Å². The average molecular weight is 255 g/mol. The van der Waals surface area contributed by atoms with Crippen LogP contribution in [0.2, 0.25) is 0 Å². The Morgan fingerprint density at radius 2 is 1.68 bits per heavy atom. The van der Waals surface area contributed by atoms with E-state index in [1.807, 2.05) is 24.3 Å². The summed E-state index contributed by atoms with van der Waals surface area (Å²) in [7, 11) is 0. The lowest BCUT2D eigenvalue weighted by Gasteiger charge is -2.06. The number of benzene rings is 2. The van der Waals surface area contributed by atoms with Crippen LogP contribution in [0.15, 0.2) is 48.5 Å². The Kier molecular flexibility index (Phi) is 4.18. The van der Waals surface area contributed by atoms with Crippen molar-refractivity contribution >= 4 is 11.7 Å². The second-order valence-corrected chi connectivity index (χ2v) is 4.57. The van der Waals surface area contributed by atoms with Gasteiger partial charge in [0.05, 0.1) is 5.56 Å². The highest BCUT2D eigenvalue weighted by Gasteiger charge is 2.08. The molecule has 3 heteroatoms. The van der Waals surface area contributed by atoms with E-state index in [4.69, 9.17) is 10.8 Å². The molecule has 0 aliphatic rings. The third-order valence-electron chi connectivity index (χ3n) is 3.12. The molecular weight excluding hydrogens is 238 g/mol. The zero-order chi connectivity index (χ0) is 13.7. The van der Waals surface area contributed by atoms with Crippen LogP contribution in [0.25, 0.3) is 0 Å². The van der Waals surface area contributed by atoms with E-state index in [9.17, 15) is 4.79 Å².